The van der Waals surface area contributed by atoms with Crippen molar-refractivity contribution in [2.45, 2.75) is 26.3 Å². The number of nitrogens with zero attached hydrogens (tertiary/aromatic N) is 2. The number of aromatic nitrogens is 2. The highest BCUT2D eigenvalue weighted by Gasteiger charge is 2.24. The molecule has 1 aromatic heterocycles. The first-order valence-electron chi connectivity index (χ1n) is 5.80. The second kappa shape index (κ2) is 6.18. The van der Waals surface area contributed by atoms with Gasteiger partial charge in [-0.3, -0.25) is 4.79 Å². The van der Waals surface area contributed by atoms with Gasteiger partial charge in [0.2, 0.25) is 0 Å². The first kappa shape index (κ1) is 14.2. The van der Waals surface area contributed by atoms with Crippen molar-refractivity contribution in [3.8, 4) is 0 Å². The summed E-state index contributed by atoms with van der Waals surface area (Å²) in [4.78, 5) is 27.4. The minimum atomic E-state index is -0.627. The molecule has 1 aromatic rings. The van der Waals surface area contributed by atoms with E-state index in [1.165, 1.54) is 19.6 Å². The molecular formula is C12H19N3O3. The summed E-state index contributed by atoms with van der Waals surface area (Å²) in [5.74, 6) is -0.480. The molecule has 1 atom stereocenters. The summed E-state index contributed by atoms with van der Waals surface area (Å²) in [5, 5.41) is 2.67. The van der Waals surface area contributed by atoms with Crippen molar-refractivity contribution in [3.05, 3.63) is 18.2 Å². The number of methoxy groups -OCH3 is 1. The van der Waals surface area contributed by atoms with E-state index in [-0.39, 0.29) is 11.8 Å². The Morgan fingerprint density at radius 2 is 2.17 bits per heavy atom. The fourth-order valence-corrected chi connectivity index (χ4v) is 1.64. The fraction of sp³-hybridized carbons (Fsp3) is 0.583. The number of hydrogen-bond donors (Lipinski definition) is 1. The third kappa shape index (κ3) is 3.58. The lowest BCUT2D eigenvalue weighted by Gasteiger charge is -2.18. The first-order chi connectivity index (χ1) is 8.45. The van der Waals surface area contributed by atoms with Crippen LogP contribution in [0.15, 0.2) is 12.5 Å². The number of carbonyl (C=O) groups excluding carboxylic acids is 2. The van der Waals surface area contributed by atoms with Crippen LogP contribution >= 0.6 is 0 Å². The van der Waals surface area contributed by atoms with Crippen LogP contribution in [0, 0.1) is 5.92 Å². The van der Waals surface area contributed by atoms with Gasteiger partial charge in [0.05, 0.1) is 19.6 Å². The number of amides is 1. The molecule has 0 aromatic carbocycles. The molecule has 1 rings (SSSR count). The topological polar surface area (TPSA) is 73.2 Å². The van der Waals surface area contributed by atoms with E-state index >= 15 is 0 Å². The van der Waals surface area contributed by atoms with Crippen molar-refractivity contribution >= 4 is 11.9 Å². The van der Waals surface area contributed by atoms with Gasteiger partial charge in [-0.2, -0.15) is 0 Å². The van der Waals surface area contributed by atoms with Gasteiger partial charge in [0, 0.05) is 7.05 Å². The van der Waals surface area contributed by atoms with Gasteiger partial charge in [-0.15, -0.1) is 0 Å². The summed E-state index contributed by atoms with van der Waals surface area (Å²) in [7, 11) is 3.03. The van der Waals surface area contributed by atoms with E-state index in [9.17, 15) is 9.59 Å². The maximum atomic E-state index is 12.0. The lowest BCUT2D eigenvalue weighted by molar-refractivity contribution is -0.143. The lowest BCUT2D eigenvalue weighted by atomic mass is 10.0. The van der Waals surface area contributed by atoms with Gasteiger partial charge in [-0.05, 0) is 12.3 Å². The second-order valence-electron chi connectivity index (χ2n) is 4.57. The summed E-state index contributed by atoms with van der Waals surface area (Å²) < 4.78 is 6.28. The van der Waals surface area contributed by atoms with Crippen LogP contribution in [0.4, 0.5) is 0 Å². The Balaban J connectivity index is 2.74. The fourth-order valence-electron chi connectivity index (χ4n) is 1.64. The quantitative estimate of drug-likeness (QED) is 0.785. The highest BCUT2D eigenvalue weighted by Crippen LogP contribution is 2.07. The van der Waals surface area contributed by atoms with Crippen molar-refractivity contribution in [2.75, 3.05) is 7.11 Å². The Kier molecular flexibility index (Phi) is 4.88. The molecule has 0 fully saturated rings. The third-order valence-electron chi connectivity index (χ3n) is 2.55. The van der Waals surface area contributed by atoms with E-state index in [4.69, 9.17) is 0 Å². The summed E-state index contributed by atoms with van der Waals surface area (Å²) in [6.45, 7) is 3.96. The van der Waals surface area contributed by atoms with Crippen LogP contribution in [-0.4, -0.2) is 34.6 Å². The number of hydrogen-bond acceptors (Lipinski definition) is 4. The Morgan fingerprint density at radius 3 is 2.61 bits per heavy atom. The van der Waals surface area contributed by atoms with E-state index in [2.05, 4.69) is 15.0 Å². The number of esters is 1. The number of ether oxygens (including phenoxy) is 1. The van der Waals surface area contributed by atoms with Gasteiger partial charge < -0.3 is 14.6 Å². The smallest absolute Gasteiger partial charge is 0.328 e. The minimum Gasteiger partial charge on any atom is -0.467 e. The molecule has 6 nitrogen and oxygen atoms in total. The summed E-state index contributed by atoms with van der Waals surface area (Å²) in [6, 6.07) is -0.627. The Hall–Kier alpha value is -1.85. The van der Waals surface area contributed by atoms with Gasteiger partial charge in [-0.25, -0.2) is 9.78 Å². The standard InChI is InChI=1S/C12H19N3O3/c1-8(2)5-9(12(17)18-4)14-11(16)10-6-13-7-15(10)3/h6-9H,5H2,1-4H3,(H,14,16). The van der Waals surface area contributed by atoms with Gasteiger partial charge in [0.25, 0.3) is 5.91 Å². The minimum absolute atomic E-state index is 0.279. The number of nitrogens with one attached hydrogen (secondary N) is 1. The number of aryl methyl sites for hydroxylation is 1. The Labute approximate surface area is 106 Å². The van der Waals surface area contributed by atoms with Crippen LogP contribution in [0.1, 0.15) is 30.8 Å². The van der Waals surface area contributed by atoms with Crippen LogP contribution in [0.3, 0.4) is 0 Å². The zero-order valence-electron chi connectivity index (χ0n) is 11.1. The Morgan fingerprint density at radius 1 is 1.50 bits per heavy atom. The van der Waals surface area contributed by atoms with E-state index in [0.29, 0.717) is 12.1 Å². The molecule has 1 N–H and O–H groups in total. The van der Waals surface area contributed by atoms with Crippen molar-refractivity contribution in [1.29, 1.82) is 0 Å². The average Bonchev–Trinajstić information content (AvgIpc) is 2.73. The molecule has 0 radical (unpaired) electrons. The van der Waals surface area contributed by atoms with Crippen LogP contribution in [0.25, 0.3) is 0 Å². The molecule has 1 heterocycles. The van der Waals surface area contributed by atoms with E-state index in [1.807, 2.05) is 13.8 Å². The van der Waals surface area contributed by atoms with Crippen LogP contribution in [0.5, 0.6) is 0 Å². The molecule has 18 heavy (non-hydrogen) atoms. The maximum absolute atomic E-state index is 12.0. The number of imidazole rings is 1. The highest BCUT2D eigenvalue weighted by atomic mass is 16.5. The van der Waals surface area contributed by atoms with Crippen molar-refractivity contribution in [3.63, 3.8) is 0 Å². The van der Waals surface area contributed by atoms with Crippen LogP contribution in [-0.2, 0) is 16.6 Å². The first-order valence-corrected chi connectivity index (χ1v) is 5.80. The second-order valence-corrected chi connectivity index (χ2v) is 4.57. The van der Waals surface area contributed by atoms with E-state index in [0.717, 1.165) is 0 Å². The molecule has 0 saturated carbocycles. The monoisotopic (exact) mass is 253 g/mol. The van der Waals surface area contributed by atoms with E-state index < -0.39 is 12.0 Å². The molecule has 0 aliphatic rings. The molecule has 1 unspecified atom stereocenters. The summed E-state index contributed by atoms with van der Waals surface area (Å²) >= 11 is 0. The third-order valence-corrected chi connectivity index (χ3v) is 2.55. The predicted molar refractivity (Wildman–Crippen MR) is 65.9 cm³/mol. The normalized spacial score (nSPS) is 12.3. The number of carbonyl (C=O) groups is 2. The predicted octanol–water partition coefficient (Wildman–Crippen LogP) is 0.738. The summed E-state index contributed by atoms with van der Waals surface area (Å²) in [6.07, 6.45) is 3.53. The zero-order chi connectivity index (χ0) is 13.7. The van der Waals surface area contributed by atoms with Crippen molar-refractivity contribution < 1.29 is 14.3 Å². The molecule has 0 aliphatic heterocycles. The Bertz CT molecular complexity index is 426. The summed E-state index contributed by atoms with van der Waals surface area (Å²) in [5.41, 5.74) is 0.410. The zero-order valence-corrected chi connectivity index (χ0v) is 11.1. The van der Waals surface area contributed by atoms with Crippen LogP contribution < -0.4 is 5.32 Å². The van der Waals surface area contributed by atoms with E-state index in [1.54, 1.807) is 11.6 Å². The van der Waals surface area contributed by atoms with Gasteiger partial charge in [0.15, 0.2) is 0 Å². The molecule has 0 saturated heterocycles. The number of rotatable bonds is 5. The van der Waals surface area contributed by atoms with Crippen LogP contribution in [0.2, 0.25) is 0 Å². The average molecular weight is 253 g/mol. The molecule has 100 valence electrons. The molecule has 6 heteroatoms. The molecule has 0 spiro atoms. The van der Waals surface area contributed by atoms with Gasteiger partial charge in [0.1, 0.15) is 11.7 Å². The van der Waals surface area contributed by atoms with Gasteiger partial charge in [-0.1, -0.05) is 13.8 Å². The SMILES string of the molecule is COC(=O)C(CC(C)C)NC(=O)c1cncn1C. The largest absolute Gasteiger partial charge is 0.467 e. The maximum Gasteiger partial charge on any atom is 0.328 e. The molecule has 1 amide bonds. The van der Waals surface area contributed by atoms with Gasteiger partial charge >= 0.3 is 5.97 Å². The molecular weight excluding hydrogens is 234 g/mol. The van der Waals surface area contributed by atoms with Crippen molar-refractivity contribution in [2.24, 2.45) is 13.0 Å². The molecule has 0 bridgehead atoms. The highest BCUT2D eigenvalue weighted by molar-refractivity contribution is 5.95. The lowest BCUT2D eigenvalue weighted by Crippen LogP contribution is -2.42. The molecule has 0 aliphatic carbocycles. The van der Waals surface area contributed by atoms with Crippen molar-refractivity contribution in [1.82, 2.24) is 14.9 Å².